The van der Waals surface area contributed by atoms with Crippen LogP contribution >= 0.6 is 0 Å². The summed E-state index contributed by atoms with van der Waals surface area (Å²) in [5.74, 6) is 1.50. The van der Waals surface area contributed by atoms with Crippen LogP contribution in [-0.4, -0.2) is 51.9 Å². The molecule has 0 saturated carbocycles. The Morgan fingerprint density at radius 1 is 1.05 bits per heavy atom. The molecule has 1 aliphatic heterocycles. The Kier molecular flexibility index (Phi) is 7.69. The number of nitro benzene ring substituents is 1. The van der Waals surface area contributed by atoms with Crippen LogP contribution in [-0.2, 0) is 11.5 Å². The SMILES string of the molecule is C[Si](C)(C)CCOCn1nc(C=Cc2ccc3c(c2)OCO3)c2ccc([AsH]c3cccc([N+](=O)[O-])c3)cc21. The van der Waals surface area contributed by atoms with Gasteiger partial charge in [-0.1, -0.05) is 0 Å². The van der Waals surface area contributed by atoms with E-state index < -0.39 is 23.8 Å². The van der Waals surface area contributed by atoms with E-state index in [1.807, 2.05) is 41.1 Å². The Bertz CT molecular complexity index is 1510. The summed E-state index contributed by atoms with van der Waals surface area (Å²) < 4.78 is 21.1. The summed E-state index contributed by atoms with van der Waals surface area (Å²) in [5, 5.41) is 17.1. The molecule has 1 unspecified atom stereocenters. The second kappa shape index (κ2) is 11.1. The van der Waals surface area contributed by atoms with E-state index in [9.17, 15) is 10.1 Å². The second-order valence-electron chi connectivity index (χ2n) is 10.3. The first-order valence-electron chi connectivity index (χ1n) is 12.4. The fourth-order valence-electron chi connectivity index (χ4n) is 4.08. The Morgan fingerprint density at radius 3 is 2.68 bits per heavy atom. The van der Waals surface area contributed by atoms with Crippen molar-refractivity contribution in [3.05, 3.63) is 82.0 Å². The van der Waals surface area contributed by atoms with E-state index in [0.717, 1.165) is 44.1 Å². The van der Waals surface area contributed by atoms with Crippen molar-refractivity contribution >= 4 is 61.3 Å². The standard InChI is InChI=1S/C28H30AsN3O5Si/c1-38(2,3)14-13-35-18-31-26-17-22(29-21-5-4-6-23(16-21)32(33)34)9-10-24(26)25(30-31)11-7-20-8-12-27-28(15-20)37-19-36-27/h4-12,15-17,29H,13-14,18-19H2,1-3H3. The van der Waals surface area contributed by atoms with E-state index in [1.54, 1.807) is 12.1 Å². The number of nitro groups is 1. The molecule has 3 aromatic carbocycles. The minimum atomic E-state index is -1.19. The number of benzene rings is 3. The monoisotopic (exact) mass is 591 g/mol. The summed E-state index contributed by atoms with van der Waals surface area (Å²) in [6, 6.07) is 20.2. The number of rotatable bonds is 10. The van der Waals surface area contributed by atoms with Gasteiger partial charge in [-0.15, -0.1) is 0 Å². The van der Waals surface area contributed by atoms with Gasteiger partial charge in [0, 0.05) is 0 Å². The van der Waals surface area contributed by atoms with E-state index in [0.29, 0.717) is 13.3 Å². The van der Waals surface area contributed by atoms with E-state index in [2.05, 4.69) is 37.8 Å². The zero-order chi connectivity index (χ0) is 26.7. The number of ether oxygens (including phenoxy) is 3. The summed E-state index contributed by atoms with van der Waals surface area (Å²) in [7, 11) is -1.19. The van der Waals surface area contributed by atoms with Crippen molar-refractivity contribution < 1.29 is 19.1 Å². The number of hydrogen-bond donors (Lipinski definition) is 0. The average molecular weight is 592 g/mol. The molecule has 0 saturated heterocycles. The van der Waals surface area contributed by atoms with E-state index >= 15 is 0 Å². The van der Waals surface area contributed by atoms with Crippen molar-refractivity contribution in [1.82, 2.24) is 9.78 Å². The van der Waals surface area contributed by atoms with Gasteiger partial charge >= 0.3 is 230 Å². The Hall–Kier alpha value is -3.39. The van der Waals surface area contributed by atoms with E-state index in [-0.39, 0.29) is 17.4 Å². The Balaban J connectivity index is 1.43. The summed E-state index contributed by atoms with van der Waals surface area (Å²) >= 11 is -0.759. The van der Waals surface area contributed by atoms with Gasteiger partial charge in [-0.2, -0.15) is 0 Å². The number of hydrogen-bond acceptors (Lipinski definition) is 6. The molecule has 0 amide bonds. The van der Waals surface area contributed by atoms with Gasteiger partial charge in [0.05, 0.1) is 0 Å². The van der Waals surface area contributed by atoms with Gasteiger partial charge in [-0.05, 0) is 0 Å². The van der Waals surface area contributed by atoms with E-state index in [1.165, 1.54) is 10.4 Å². The van der Waals surface area contributed by atoms with Gasteiger partial charge in [0.2, 0.25) is 0 Å². The van der Waals surface area contributed by atoms with Crippen molar-refractivity contribution in [1.29, 1.82) is 0 Å². The number of non-ortho nitro benzene ring substituents is 1. The van der Waals surface area contributed by atoms with Crippen LogP contribution in [0.25, 0.3) is 23.1 Å². The summed E-state index contributed by atoms with van der Waals surface area (Å²) in [5.41, 5.74) is 2.98. The second-order valence-corrected chi connectivity index (χ2v) is 18.9. The van der Waals surface area contributed by atoms with Crippen molar-refractivity contribution in [2.24, 2.45) is 0 Å². The normalized spacial score (nSPS) is 13.3. The molecular formula is C28H30AsN3O5Si. The molecule has 10 heteroatoms. The molecule has 1 aliphatic rings. The number of nitrogens with zero attached hydrogens (tertiary/aromatic N) is 3. The van der Waals surface area contributed by atoms with Crippen LogP contribution < -0.4 is 18.2 Å². The molecule has 196 valence electrons. The third-order valence-electron chi connectivity index (χ3n) is 6.17. The molecule has 4 aromatic rings. The first-order valence-corrected chi connectivity index (χ1v) is 18.2. The van der Waals surface area contributed by atoms with Crippen molar-refractivity contribution in [3.8, 4) is 11.5 Å². The molecule has 0 fully saturated rings. The fraction of sp³-hybridized carbons (Fsp3) is 0.250. The maximum absolute atomic E-state index is 11.2. The van der Waals surface area contributed by atoms with Crippen molar-refractivity contribution in [2.75, 3.05) is 13.4 Å². The van der Waals surface area contributed by atoms with Gasteiger partial charge in [-0.3, -0.25) is 0 Å². The van der Waals surface area contributed by atoms with Crippen LogP contribution in [0.15, 0.2) is 60.7 Å². The van der Waals surface area contributed by atoms with Crippen molar-refractivity contribution in [3.63, 3.8) is 0 Å². The Labute approximate surface area is 229 Å². The van der Waals surface area contributed by atoms with Gasteiger partial charge < -0.3 is 0 Å². The van der Waals surface area contributed by atoms with Crippen LogP contribution in [0.2, 0.25) is 25.7 Å². The van der Waals surface area contributed by atoms with Crippen LogP contribution in [0.1, 0.15) is 11.3 Å². The molecule has 0 bridgehead atoms. The molecule has 0 aliphatic carbocycles. The predicted molar refractivity (Wildman–Crippen MR) is 155 cm³/mol. The molecule has 0 spiro atoms. The summed E-state index contributed by atoms with van der Waals surface area (Å²) in [6.07, 6.45) is 4.03. The molecule has 0 radical (unpaired) electrons. The summed E-state index contributed by atoms with van der Waals surface area (Å²) in [4.78, 5) is 10.9. The topological polar surface area (TPSA) is 88.7 Å². The van der Waals surface area contributed by atoms with Crippen LogP contribution in [0, 0.1) is 10.1 Å². The third kappa shape index (κ3) is 6.35. The quantitative estimate of drug-likeness (QED) is 0.117. The van der Waals surface area contributed by atoms with Gasteiger partial charge in [0.15, 0.2) is 0 Å². The van der Waals surface area contributed by atoms with Crippen LogP contribution in [0.4, 0.5) is 5.69 Å². The first-order chi connectivity index (χ1) is 18.2. The van der Waals surface area contributed by atoms with Crippen LogP contribution in [0.5, 0.6) is 11.5 Å². The fourth-order valence-corrected chi connectivity index (χ4v) is 7.17. The molecule has 0 N–H and O–H groups in total. The zero-order valence-corrected chi connectivity index (χ0v) is 24.7. The van der Waals surface area contributed by atoms with E-state index in [4.69, 9.17) is 19.3 Å². The van der Waals surface area contributed by atoms with Crippen LogP contribution in [0.3, 0.4) is 0 Å². The third-order valence-corrected chi connectivity index (χ3v) is 10.4. The molecule has 2 heterocycles. The summed E-state index contributed by atoms with van der Waals surface area (Å²) in [6.45, 7) is 8.34. The molecular weight excluding hydrogens is 561 g/mol. The number of aromatic nitrogens is 2. The number of fused-ring (bicyclic) bond motifs is 2. The zero-order valence-electron chi connectivity index (χ0n) is 21.6. The maximum atomic E-state index is 11.2. The van der Waals surface area contributed by atoms with Crippen molar-refractivity contribution in [2.45, 2.75) is 32.4 Å². The molecule has 1 atom stereocenters. The average Bonchev–Trinajstić information content (AvgIpc) is 3.49. The first kappa shape index (κ1) is 26.2. The molecule has 5 rings (SSSR count). The van der Waals surface area contributed by atoms with Gasteiger partial charge in [-0.25, -0.2) is 0 Å². The molecule has 1 aromatic heterocycles. The minimum absolute atomic E-state index is 0.129. The molecule has 38 heavy (non-hydrogen) atoms. The van der Waals surface area contributed by atoms with Gasteiger partial charge in [0.1, 0.15) is 0 Å². The van der Waals surface area contributed by atoms with Gasteiger partial charge in [0.25, 0.3) is 0 Å². The Morgan fingerprint density at radius 2 is 1.87 bits per heavy atom. The predicted octanol–water partition coefficient (Wildman–Crippen LogP) is 4.54. The molecule has 8 nitrogen and oxygen atoms in total.